The van der Waals surface area contributed by atoms with Crippen LogP contribution >= 0.6 is 0 Å². The van der Waals surface area contributed by atoms with Crippen molar-refractivity contribution < 1.29 is 26.2 Å². The molecule has 0 saturated heterocycles. The molecule has 0 aliphatic heterocycles. The summed E-state index contributed by atoms with van der Waals surface area (Å²) in [7, 11) is 0. The average molecular weight is 320 g/mol. The molecule has 0 aliphatic rings. The minimum absolute atomic E-state index is 0. The quantitative estimate of drug-likeness (QED) is 0.520. The van der Waals surface area contributed by atoms with Crippen molar-refractivity contribution in [3.8, 4) is 0 Å². The van der Waals surface area contributed by atoms with Crippen LogP contribution in [0.1, 0.15) is 79.1 Å². The van der Waals surface area contributed by atoms with E-state index in [1.54, 1.807) is 0 Å². The molecular formula is C16H36Zr. The van der Waals surface area contributed by atoms with Gasteiger partial charge in [0.05, 0.1) is 0 Å². The molecule has 0 nitrogen and oxygen atoms in total. The maximum atomic E-state index is 3.60. The monoisotopic (exact) mass is 318 g/mol. The van der Waals surface area contributed by atoms with Gasteiger partial charge in [-0.2, -0.15) is 25.7 Å². The average Bonchev–Trinajstić information content (AvgIpc) is 2.39. The Balaban J connectivity index is -0.0000000369. The zero-order valence-electron chi connectivity index (χ0n) is 13.0. The van der Waals surface area contributed by atoms with E-state index in [0.29, 0.717) is 0 Å². The smallest absolute Gasteiger partial charge is 0.343 e. The van der Waals surface area contributed by atoms with Gasteiger partial charge in [0.15, 0.2) is 0 Å². The summed E-state index contributed by atoms with van der Waals surface area (Å²) in [6, 6.07) is 0. The second kappa shape index (κ2) is 54.0. The van der Waals surface area contributed by atoms with Crippen LogP contribution in [0.5, 0.6) is 0 Å². The van der Waals surface area contributed by atoms with Crippen LogP contribution in [0.3, 0.4) is 0 Å². The third-order valence-corrected chi connectivity index (χ3v) is 1.41. The molecule has 0 atom stereocenters. The Morgan fingerprint density at radius 3 is 0.529 bits per heavy atom. The fourth-order valence-electron chi connectivity index (χ4n) is 0. The second-order valence-electron chi connectivity index (χ2n) is 3.41. The van der Waals surface area contributed by atoms with Crippen LogP contribution in [-0.2, 0) is 26.2 Å². The number of rotatable bonds is 4. The van der Waals surface area contributed by atoms with Crippen LogP contribution in [0.2, 0.25) is 0 Å². The van der Waals surface area contributed by atoms with Gasteiger partial charge in [-0.05, 0) is 0 Å². The minimum atomic E-state index is 0. The summed E-state index contributed by atoms with van der Waals surface area (Å²) in [5.41, 5.74) is 0. The SMILES string of the molecule is [CH2-]CCC.[CH2-]CCC.[CH2-]CCC.[CH2-]CCC.[Zr+4]. The largest absolute Gasteiger partial charge is 4.00 e. The van der Waals surface area contributed by atoms with E-state index in [1.807, 2.05) is 0 Å². The molecule has 0 aromatic rings. The maximum absolute atomic E-state index is 3.60. The summed E-state index contributed by atoms with van der Waals surface area (Å²) in [5, 5.41) is 0. The molecule has 0 saturated carbocycles. The molecular weight excluding hydrogens is 283 g/mol. The van der Waals surface area contributed by atoms with Gasteiger partial charge in [0, 0.05) is 0 Å². The third-order valence-electron chi connectivity index (χ3n) is 1.41. The summed E-state index contributed by atoms with van der Waals surface area (Å²) in [5.74, 6) is 0. The van der Waals surface area contributed by atoms with Gasteiger partial charge in [0.2, 0.25) is 0 Å². The van der Waals surface area contributed by atoms with E-state index in [4.69, 9.17) is 0 Å². The fourth-order valence-corrected chi connectivity index (χ4v) is 0. The summed E-state index contributed by atoms with van der Waals surface area (Å²) in [6.07, 6.45) is 9.11. The van der Waals surface area contributed by atoms with Gasteiger partial charge in [0.1, 0.15) is 0 Å². The Hall–Kier alpha value is 0.883. The minimum Gasteiger partial charge on any atom is -0.343 e. The van der Waals surface area contributed by atoms with Crippen LogP contribution in [0.25, 0.3) is 0 Å². The molecule has 0 bridgehead atoms. The maximum Gasteiger partial charge on any atom is 4.00 e. The Kier molecular flexibility index (Phi) is 97.5. The summed E-state index contributed by atoms with van der Waals surface area (Å²) in [4.78, 5) is 0. The predicted molar refractivity (Wildman–Crippen MR) is 81.1 cm³/mol. The normalized spacial score (nSPS) is 7.06. The first-order valence-corrected chi connectivity index (χ1v) is 6.83. The van der Waals surface area contributed by atoms with Gasteiger partial charge < -0.3 is 27.7 Å². The predicted octanol–water partition coefficient (Wildman–Crippen LogP) is 6.48. The van der Waals surface area contributed by atoms with Crippen LogP contribution in [0.4, 0.5) is 0 Å². The Morgan fingerprint density at radius 1 is 0.471 bits per heavy atom. The molecule has 0 N–H and O–H groups in total. The van der Waals surface area contributed by atoms with Crippen LogP contribution in [-0.4, -0.2) is 0 Å². The number of hydrogen-bond acceptors (Lipinski definition) is 0. The number of unbranched alkanes of at least 4 members (excludes halogenated alkanes) is 4. The van der Waals surface area contributed by atoms with Gasteiger partial charge in [-0.15, -0.1) is 0 Å². The van der Waals surface area contributed by atoms with Crippen LogP contribution < -0.4 is 0 Å². The molecule has 0 fully saturated rings. The van der Waals surface area contributed by atoms with Crippen molar-refractivity contribution in [3.63, 3.8) is 0 Å². The summed E-state index contributed by atoms with van der Waals surface area (Å²) in [6.45, 7) is 22.9. The standard InChI is InChI=1S/4C4H9.Zr/c4*1-3-4-2;/h4*1,3-4H2,2H3;/q4*-1;+4. The van der Waals surface area contributed by atoms with Gasteiger partial charge in [-0.3, -0.25) is 0 Å². The molecule has 0 aromatic heterocycles. The summed E-state index contributed by atoms with van der Waals surface area (Å²) < 4.78 is 0. The molecule has 0 rings (SSSR count). The zero-order chi connectivity index (χ0) is 13.7. The van der Waals surface area contributed by atoms with Crippen molar-refractivity contribution in [1.29, 1.82) is 0 Å². The van der Waals surface area contributed by atoms with E-state index in [-0.39, 0.29) is 26.2 Å². The first-order chi connectivity index (χ1) is 7.66. The molecule has 17 heavy (non-hydrogen) atoms. The molecule has 0 aliphatic carbocycles. The molecule has 0 aromatic carbocycles. The van der Waals surface area contributed by atoms with Crippen molar-refractivity contribution in [1.82, 2.24) is 0 Å². The van der Waals surface area contributed by atoms with E-state index < -0.39 is 0 Å². The second-order valence-corrected chi connectivity index (χ2v) is 3.41. The van der Waals surface area contributed by atoms with Gasteiger partial charge in [-0.25, -0.2) is 0 Å². The number of hydrogen-bond donors (Lipinski definition) is 0. The van der Waals surface area contributed by atoms with Crippen molar-refractivity contribution in [3.05, 3.63) is 27.7 Å². The van der Waals surface area contributed by atoms with Crippen LogP contribution in [0.15, 0.2) is 0 Å². The van der Waals surface area contributed by atoms with E-state index >= 15 is 0 Å². The van der Waals surface area contributed by atoms with E-state index in [2.05, 4.69) is 55.4 Å². The Labute approximate surface area is 132 Å². The first kappa shape index (κ1) is 30.7. The van der Waals surface area contributed by atoms with Gasteiger partial charge >= 0.3 is 26.2 Å². The van der Waals surface area contributed by atoms with Crippen molar-refractivity contribution in [2.24, 2.45) is 0 Å². The van der Waals surface area contributed by atoms with E-state index in [0.717, 1.165) is 25.7 Å². The van der Waals surface area contributed by atoms with E-state index in [1.165, 1.54) is 25.7 Å². The summed E-state index contributed by atoms with van der Waals surface area (Å²) >= 11 is 0. The molecule has 1 heteroatoms. The fraction of sp³-hybridized carbons (Fsp3) is 0.750. The molecule has 0 heterocycles. The van der Waals surface area contributed by atoms with Gasteiger partial charge in [-0.1, -0.05) is 53.4 Å². The van der Waals surface area contributed by atoms with Gasteiger partial charge in [0.25, 0.3) is 0 Å². The topological polar surface area (TPSA) is 0 Å². The molecule has 0 radical (unpaired) electrons. The molecule has 104 valence electrons. The molecule has 0 spiro atoms. The molecule has 0 unspecified atom stereocenters. The van der Waals surface area contributed by atoms with Crippen molar-refractivity contribution in [2.75, 3.05) is 0 Å². The first-order valence-electron chi connectivity index (χ1n) is 6.83. The van der Waals surface area contributed by atoms with E-state index in [9.17, 15) is 0 Å². The van der Waals surface area contributed by atoms with Crippen molar-refractivity contribution >= 4 is 0 Å². The zero-order valence-corrected chi connectivity index (χ0v) is 15.4. The third kappa shape index (κ3) is 157. The molecule has 0 amide bonds. The Bertz CT molecular complexity index is 29.5. The Morgan fingerprint density at radius 2 is 0.529 bits per heavy atom. The van der Waals surface area contributed by atoms with Crippen molar-refractivity contribution in [2.45, 2.75) is 79.1 Å². The van der Waals surface area contributed by atoms with Crippen LogP contribution in [0, 0.1) is 27.7 Å².